The Balaban J connectivity index is 0. The molecule has 0 heterocycles. The van der Waals surface area contributed by atoms with Crippen LogP contribution in [0.25, 0.3) is 0 Å². The van der Waals surface area contributed by atoms with Gasteiger partial charge in [-0.2, -0.15) is 11.8 Å². The minimum absolute atomic E-state index is 0.255. The van der Waals surface area contributed by atoms with Crippen LogP contribution in [-0.2, 0) is 42.9 Å². The Hall–Kier alpha value is -3.16. The van der Waals surface area contributed by atoms with Crippen molar-refractivity contribution in [2.75, 3.05) is 44.0 Å². The molecule has 1 aromatic carbocycles. The molecule has 0 spiro atoms. The number of carbonyl (C=O) groups is 5. The molecule has 0 saturated carbocycles. The lowest BCUT2D eigenvalue weighted by molar-refractivity contribution is -0.162. The van der Waals surface area contributed by atoms with E-state index in [1.54, 1.807) is 25.3 Å². The van der Waals surface area contributed by atoms with Crippen LogP contribution in [0.5, 0.6) is 0 Å². The summed E-state index contributed by atoms with van der Waals surface area (Å²) in [6.45, 7) is 14.1. The zero-order valence-electron chi connectivity index (χ0n) is 23.6. The van der Waals surface area contributed by atoms with Gasteiger partial charge in [0.15, 0.2) is 0 Å². The third kappa shape index (κ3) is 19.8. The number of benzene rings is 1. The minimum atomic E-state index is -0.582. The van der Waals surface area contributed by atoms with Crippen molar-refractivity contribution in [3.63, 3.8) is 0 Å². The summed E-state index contributed by atoms with van der Waals surface area (Å²) in [6, 6.07) is 7.07. The molecule has 222 valence electrons. The van der Waals surface area contributed by atoms with E-state index in [9.17, 15) is 24.0 Å². The third-order valence-corrected chi connectivity index (χ3v) is 5.41. The van der Waals surface area contributed by atoms with Gasteiger partial charge in [0.1, 0.15) is 5.94 Å². The molecule has 10 nitrogen and oxygen atoms in total. The molecule has 0 aliphatic rings. The fourth-order valence-corrected chi connectivity index (χ4v) is 2.95. The Labute approximate surface area is 248 Å². The van der Waals surface area contributed by atoms with Gasteiger partial charge in [0, 0.05) is 21.6 Å². The van der Waals surface area contributed by atoms with Crippen molar-refractivity contribution in [3.8, 4) is 0 Å². The molecule has 1 aromatic rings. The number of carbonyl (C=O) groups excluding carboxylic acids is 5. The molecule has 13 heteroatoms. The van der Waals surface area contributed by atoms with Crippen LogP contribution in [0.2, 0.25) is 0 Å². The van der Waals surface area contributed by atoms with E-state index in [2.05, 4.69) is 38.7 Å². The highest BCUT2D eigenvalue weighted by molar-refractivity contribution is 7.99. The molecule has 0 fully saturated rings. The maximum absolute atomic E-state index is 11.7. The van der Waals surface area contributed by atoms with Crippen LogP contribution in [0.4, 0.5) is 0 Å². The summed E-state index contributed by atoms with van der Waals surface area (Å²) in [5.74, 6) is -1.71. The van der Waals surface area contributed by atoms with Crippen molar-refractivity contribution in [3.05, 3.63) is 66.3 Å². The molecule has 0 aromatic heterocycles. The first kappa shape index (κ1) is 39.0. The predicted octanol–water partition coefficient (Wildman–Crippen LogP) is 5.04. The van der Waals surface area contributed by atoms with E-state index in [4.69, 9.17) is 4.74 Å². The average molecular weight is 617 g/mol. The van der Waals surface area contributed by atoms with E-state index >= 15 is 0 Å². The average Bonchev–Trinajstić information content (AvgIpc) is 2.92. The van der Waals surface area contributed by atoms with Crippen LogP contribution >= 0.6 is 35.3 Å². The molecule has 0 radical (unpaired) electrons. The van der Waals surface area contributed by atoms with Gasteiger partial charge in [0.05, 0.1) is 11.3 Å². The predicted molar refractivity (Wildman–Crippen MR) is 159 cm³/mol. The summed E-state index contributed by atoms with van der Waals surface area (Å²) >= 11 is 4.25. The summed E-state index contributed by atoms with van der Waals surface area (Å²) in [6.07, 6.45) is 5.51. The van der Waals surface area contributed by atoms with E-state index in [1.165, 1.54) is 49.1 Å². The van der Waals surface area contributed by atoms with E-state index in [0.29, 0.717) is 17.1 Å². The number of hydrogen-bond acceptors (Lipinski definition) is 13. The first-order valence-corrected chi connectivity index (χ1v) is 15.2. The number of esters is 5. The van der Waals surface area contributed by atoms with Crippen LogP contribution in [0.3, 0.4) is 0 Å². The van der Waals surface area contributed by atoms with Crippen LogP contribution in [-0.4, -0.2) is 73.9 Å². The highest BCUT2D eigenvalue weighted by Crippen LogP contribution is 2.20. The summed E-state index contributed by atoms with van der Waals surface area (Å²) in [4.78, 5) is 55.7. The van der Waals surface area contributed by atoms with E-state index < -0.39 is 30.7 Å². The molecule has 0 unspecified atom stereocenters. The van der Waals surface area contributed by atoms with Crippen molar-refractivity contribution in [1.29, 1.82) is 0 Å². The lowest BCUT2D eigenvalue weighted by Gasteiger charge is -2.08. The first-order chi connectivity index (χ1) is 18.8. The molecular formula is C27H36O10S3. The Morgan fingerprint density at radius 2 is 1.15 bits per heavy atom. The summed E-state index contributed by atoms with van der Waals surface area (Å²) in [5, 5.41) is 0. The smallest absolute Gasteiger partial charge is 0.342 e. The van der Waals surface area contributed by atoms with Gasteiger partial charge in [0.25, 0.3) is 0 Å². The van der Waals surface area contributed by atoms with Crippen molar-refractivity contribution < 1.29 is 47.7 Å². The van der Waals surface area contributed by atoms with Crippen LogP contribution in [0.1, 0.15) is 31.1 Å². The normalized spacial score (nSPS) is 9.25. The maximum Gasteiger partial charge on any atom is 0.342 e. The van der Waals surface area contributed by atoms with Crippen LogP contribution < -0.4 is 0 Å². The summed E-state index contributed by atoms with van der Waals surface area (Å²) in [7, 11) is 0. The molecule has 0 amide bonds. The summed E-state index contributed by atoms with van der Waals surface area (Å²) in [5.41, 5.74) is 1.44. The van der Waals surface area contributed by atoms with Gasteiger partial charge in [-0.3, -0.25) is 4.79 Å². The second-order valence-corrected chi connectivity index (χ2v) is 9.89. The zero-order chi connectivity index (χ0) is 31.1. The Kier molecular flexibility index (Phi) is 23.1. The standard InChI is InChI=1S/C13H14O4S.C8H12O4S.C6H10O2S/c1-9(2)12(14)16-8-17-13(15)10-6-4-5-7-11(10)18-3;1-6(2)8(10)12-5-11-7(9)4-13-3;1-5(2)6(7)8-4-9-3/h4-7H,1,8H2,2-3H3;1,4-5H2,2-3H3;1,4H2,2-3H3. The molecule has 0 aliphatic heterocycles. The maximum atomic E-state index is 11.7. The van der Waals surface area contributed by atoms with Crippen molar-refractivity contribution >= 4 is 65.1 Å². The number of ether oxygens (including phenoxy) is 5. The molecule has 0 atom stereocenters. The van der Waals surface area contributed by atoms with E-state index in [0.717, 1.165) is 4.90 Å². The quantitative estimate of drug-likeness (QED) is 0.0965. The second kappa shape index (κ2) is 23.7. The fourth-order valence-electron chi connectivity index (χ4n) is 1.82. The largest absolute Gasteiger partial charge is 0.451 e. The molecule has 1 rings (SSSR count). The molecule has 0 aliphatic carbocycles. The number of rotatable bonds is 13. The van der Waals surface area contributed by atoms with Gasteiger partial charge in [-0.1, -0.05) is 31.9 Å². The van der Waals surface area contributed by atoms with Gasteiger partial charge in [-0.25, -0.2) is 19.2 Å². The van der Waals surface area contributed by atoms with Gasteiger partial charge in [0.2, 0.25) is 13.6 Å². The fraction of sp³-hybridized carbons (Fsp3) is 0.370. The van der Waals surface area contributed by atoms with Gasteiger partial charge < -0.3 is 23.7 Å². The third-order valence-electron chi connectivity index (χ3n) is 3.73. The van der Waals surface area contributed by atoms with E-state index in [-0.39, 0.29) is 29.7 Å². The first-order valence-electron chi connectivity index (χ1n) is 11.2. The van der Waals surface area contributed by atoms with Crippen molar-refractivity contribution in [2.24, 2.45) is 0 Å². The number of hydrogen-bond donors (Lipinski definition) is 0. The van der Waals surface area contributed by atoms with Crippen LogP contribution in [0.15, 0.2) is 65.6 Å². The zero-order valence-corrected chi connectivity index (χ0v) is 26.0. The van der Waals surface area contributed by atoms with E-state index in [1.807, 2.05) is 24.6 Å². The molecule has 40 heavy (non-hydrogen) atoms. The van der Waals surface area contributed by atoms with Gasteiger partial charge >= 0.3 is 29.8 Å². The van der Waals surface area contributed by atoms with Gasteiger partial charge in [-0.15, -0.1) is 23.5 Å². The molecule has 0 saturated heterocycles. The van der Waals surface area contributed by atoms with Crippen LogP contribution in [0, 0.1) is 0 Å². The van der Waals surface area contributed by atoms with Gasteiger partial charge in [-0.05, 0) is 51.7 Å². The highest BCUT2D eigenvalue weighted by atomic mass is 32.2. The Bertz CT molecular complexity index is 1040. The Morgan fingerprint density at radius 1 is 0.675 bits per heavy atom. The topological polar surface area (TPSA) is 132 Å². The molecule has 0 N–H and O–H groups in total. The van der Waals surface area contributed by atoms with Crippen molar-refractivity contribution in [1.82, 2.24) is 0 Å². The Morgan fingerprint density at radius 3 is 1.60 bits per heavy atom. The highest BCUT2D eigenvalue weighted by Gasteiger charge is 2.12. The SMILES string of the molecule is C=C(C)C(=O)OCOC(=O)CSC.C=C(C)C(=O)OCOC(=O)c1ccccc1SC.C=C(C)C(=O)OCSC. The molecular weight excluding hydrogens is 580 g/mol. The van der Waals surface area contributed by atoms with Crippen molar-refractivity contribution in [2.45, 2.75) is 25.7 Å². The second-order valence-electron chi connectivity index (χ2n) is 7.36. The lowest BCUT2D eigenvalue weighted by Crippen LogP contribution is -2.14. The minimum Gasteiger partial charge on any atom is -0.451 e. The monoisotopic (exact) mass is 616 g/mol. The lowest BCUT2D eigenvalue weighted by atomic mass is 10.2. The molecule has 0 bridgehead atoms. The summed E-state index contributed by atoms with van der Waals surface area (Å²) < 4.78 is 23.3. The number of thioether (sulfide) groups is 3.